The first kappa shape index (κ1) is 38.8. The predicted molar refractivity (Wildman–Crippen MR) is 291 cm³/mol. The van der Waals surface area contributed by atoms with Gasteiger partial charge in [-0.3, -0.25) is 0 Å². The Labute approximate surface area is 408 Å². The van der Waals surface area contributed by atoms with E-state index in [0.717, 1.165) is 28.4 Å². The van der Waals surface area contributed by atoms with Crippen molar-refractivity contribution in [2.75, 3.05) is 9.80 Å². The van der Waals surface area contributed by atoms with Crippen molar-refractivity contribution in [2.45, 2.75) is 29.4 Å². The van der Waals surface area contributed by atoms with Crippen molar-refractivity contribution < 1.29 is 0 Å². The van der Waals surface area contributed by atoms with E-state index in [2.05, 4.69) is 239 Å². The Morgan fingerprint density at radius 2 is 0.779 bits per heavy atom. The summed E-state index contributed by atoms with van der Waals surface area (Å²) in [5.41, 5.74) is 19.1. The van der Waals surface area contributed by atoms with Crippen molar-refractivity contribution in [3.05, 3.63) is 224 Å². The average Bonchev–Trinajstić information content (AvgIpc) is 3.75. The van der Waals surface area contributed by atoms with Crippen LogP contribution in [0.2, 0.25) is 0 Å². The molecule has 3 nitrogen and oxygen atoms in total. The van der Waals surface area contributed by atoms with E-state index in [-0.39, 0.29) is 13.4 Å². The smallest absolute Gasteiger partial charge is 0.249 e. The lowest BCUT2D eigenvalue weighted by molar-refractivity contribution is 1.16. The maximum absolute atomic E-state index is 2.65. The molecule has 0 unspecified atom stereocenters. The van der Waals surface area contributed by atoms with Gasteiger partial charge in [0.2, 0.25) is 13.4 Å². The highest BCUT2D eigenvalue weighted by molar-refractivity contribution is 8.01. The Balaban J connectivity index is 1.03. The fourth-order valence-corrected chi connectivity index (χ4v) is 15.4. The number of anilines is 6. The molecule has 4 aliphatic rings. The number of benzene rings is 10. The molecule has 68 heavy (non-hydrogen) atoms. The monoisotopic (exact) mass is 917 g/mol. The lowest BCUT2D eigenvalue weighted by Crippen LogP contribution is -2.62. The zero-order valence-corrected chi connectivity index (χ0v) is 39.0. The van der Waals surface area contributed by atoms with Crippen molar-refractivity contribution in [3.63, 3.8) is 0 Å². The molecule has 0 fully saturated rings. The topological polar surface area (TPSA) is 11.4 Å². The number of aromatic nitrogens is 1. The minimum absolute atomic E-state index is 0.0600. The highest BCUT2D eigenvalue weighted by Crippen LogP contribution is 2.49. The van der Waals surface area contributed by atoms with Crippen LogP contribution in [0.3, 0.4) is 0 Å². The number of para-hydroxylation sites is 5. The molecule has 0 saturated carbocycles. The first-order valence-electron chi connectivity index (χ1n) is 23.2. The van der Waals surface area contributed by atoms with Crippen molar-refractivity contribution in [3.8, 4) is 5.69 Å². The van der Waals surface area contributed by atoms with Gasteiger partial charge >= 0.3 is 0 Å². The van der Waals surface area contributed by atoms with Gasteiger partial charge in [0.1, 0.15) is 0 Å². The third-order valence-corrected chi connectivity index (χ3v) is 17.8. The molecule has 15 rings (SSSR count). The maximum atomic E-state index is 2.65. The molecule has 0 spiro atoms. The van der Waals surface area contributed by atoms with Crippen LogP contribution in [-0.2, 0) is 0 Å². The summed E-state index contributed by atoms with van der Waals surface area (Å²) < 4.78 is 2.64. The van der Waals surface area contributed by atoms with Crippen LogP contribution < -0.4 is 42.6 Å². The van der Waals surface area contributed by atoms with Crippen LogP contribution in [0.4, 0.5) is 34.1 Å². The molecular formula is C60H37B2N3S3. The van der Waals surface area contributed by atoms with Gasteiger partial charge in [-0.1, -0.05) is 185 Å². The molecule has 0 bridgehead atoms. The maximum Gasteiger partial charge on any atom is 0.249 e. The summed E-state index contributed by atoms with van der Waals surface area (Å²) in [6, 6.07) is 83.4. The van der Waals surface area contributed by atoms with E-state index in [4.69, 9.17) is 0 Å². The van der Waals surface area contributed by atoms with Gasteiger partial charge in [0.25, 0.3) is 0 Å². The zero-order chi connectivity index (χ0) is 44.5. The number of hydrogen-bond donors (Lipinski definition) is 0. The zero-order valence-electron chi connectivity index (χ0n) is 36.6. The first-order chi connectivity index (χ1) is 33.7. The third-order valence-electron chi connectivity index (χ3n) is 14.3. The van der Waals surface area contributed by atoms with E-state index < -0.39 is 0 Å². The minimum atomic E-state index is 0.0600. The molecule has 1 aromatic heterocycles. The van der Waals surface area contributed by atoms with Gasteiger partial charge in [-0.05, 0) is 107 Å². The van der Waals surface area contributed by atoms with E-state index >= 15 is 0 Å². The highest BCUT2D eigenvalue weighted by atomic mass is 32.2. The van der Waals surface area contributed by atoms with Gasteiger partial charge in [0.15, 0.2) is 0 Å². The Kier molecular flexibility index (Phi) is 8.65. The van der Waals surface area contributed by atoms with Crippen molar-refractivity contribution >= 4 is 137 Å². The van der Waals surface area contributed by atoms with Crippen LogP contribution in [0.15, 0.2) is 254 Å². The summed E-state index contributed by atoms with van der Waals surface area (Å²) in [6.45, 7) is 0.138. The lowest BCUT2D eigenvalue weighted by atomic mass is 9.32. The fraction of sp³-hybridized carbons (Fsp3) is 0. The molecule has 0 atom stereocenters. The lowest BCUT2D eigenvalue weighted by Gasteiger charge is -2.38. The van der Waals surface area contributed by atoms with Crippen LogP contribution in [0.5, 0.6) is 0 Å². The number of nitrogens with zero attached hydrogens (tertiary/aromatic N) is 3. The molecule has 0 N–H and O–H groups in total. The number of fused-ring (bicyclic) bond motifs is 12. The summed E-state index contributed by atoms with van der Waals surface area (Å²) in [4.78, 5) is 12.8. The molecule has 4 aliphatic heterocycles. The molecule has 5 heterocycles. The molecule has 0 aliphatic carbocycles. The predicted octanol–water partition coefficient (Wildman–Crippen LogP) is 12.5. The van der Waals surface area contributed by atoms with Crippen LogP contribution >= 0.6 is 35.3 Å². The van der Waals surface area contributed by atoms with Crippen molar-refractivity contribution in [1.29, 1.82) is 0 Å². The minimum Gasteiger partial charge on any atom is -0.310 e. The van der Waals surface area contributed by atoms with Crippen LogP contribution in [0.1, 0.15) is 0 Å². The van der Waals surface area contributed by atoms with Crippen LogP contribution in [0.25, 0.3) is 27.5 Å². The summed E-state index contributed by atoms with van der Waals surface area (Å²) in [5, 5.41) is 2.65. The largest absolute Gasteiger partial charge is 0.310 e. The molecule has 0 radical (unpaired) electrons. The van der Waals surface area contributed by atoms with Gasteiger partial charge in [-0.2, -0.15) is 0 Å². The van der Waals surface area contributed by atoms with E-state index in [1.54, 1.807) is 0 Å². The van der Waals surface area contributed by atoms with E-state index in [0.29, 0.717) is 0 Å². The van der Waals surface area contributed by atoms with E-state index in [1.807, 2.05) is 35.3 Å². The molecule has 8 heteroatoms. The summed E-state index contributed by atoms with van der Waals surface area (Å²) >= 11 is 5.82. The molecular weight excluding hydrogens is 881 g/mol. The Morgan fingerprint density at radius 1 is 0.338 bits per heavy atom. The first-order valence-corrected chi connectivity index (χ1v) is 25.7. The Hall–Kier alpha value is -7.22. The molecule has 0 amide bonds. The van der Waals surface area contributed by atoms with Crippen molar-refractivity contribution in [1.82, 2.24) is 4.57 Å². The SMILES string of the molecule is c1ccc(N(c2ccccc2)c2cc3c4c(c2)Sc2c(cc5c6c2c2ccccc2n6-c2cc(N(c6ccccc6)c6ccccc6)cc6c2B5c2ccccc2S6)B4c2ccccc2S3)cc1. The van der Waals surface area contributed by atoms with Gasteiger partial charge in [-0.15, -0.1) is 0 Å². The average molecular weight is 918 g/mol. The third kappa shape index (κ3) is 5.69. The van der Waals surface area contributed by atoms with E-state index in [9.17, 15) is 0 Å². The van der Waals surface area contributed by atoms with E-state index in [1.165, 1.54) is 95.3 Å². The normalized spacial score (nSPS) is 13.4. The number of rotatable bonds is 6. The Bertz CT molecular complexity index is 3780. The summed E-state index contributed by atoms with van der Waals surface area (Å²) in [6.07, 6.45) is 0. The molecule has 11 aromatic rings. The second-order valence-electron chi connectivity index (χ2n) is 18.0. The van der Waals surface area contributed by atoms with Gasteiger partial charge < -0.3 is 14.4 Å². The van der Waals surface area contributed by atoms with Gasteiger partial charge in [-0.25, -0.2) is 0 Å². The van der Waals surface area contributed by atoms with Gasteiger partial charge in [0.05, 0.1) is 11.0 Å². The second-order valence-corrected chi connectivity index (χ2v) is 21.2. The fourth-order valence-electron chi connectivity index (χ4n) is 11.6. The highest BCUT2D eigenvalue weighted by Gasteiger charge is 2.45. The standard InChI is InChI=1S/C60H37B2N3S3/c1-5-19-38(20-6-1)63(39-21-7-2-8-22-39)42-33-50-57-53(34-42)66-51-31-17-14-28-45(51)61(57)47-37-48-60(56-44-27-13-16-30-49(44)65(50)59(47)56)68-55-36-43(35-54-58(55)62(48)46-29-15-18-32-52(46)67-54)64(40-23-9-3-10-24-40)41-25-11-4-12-26-41/h1-37H. The summed E-state index contributed by atoms with van der Waals surface area (Å²) in [5.74, 6) is 0. The molecule has 316 valence electrons. The molecule has 0 saturated heterocycles. The van der Waals surface area contributed by atoms with Crippen LogP contribution in [0, 0.1) is 0 Å². The Morgan fingerprint density at radius 3 is 1.34 bits per heavy atom. The molecule has 10 aromatic carbocycles. The number of hydrogen-bond acceptors (Lipinski definition) is 5. The van der Waals surface area contributed by atoms with Crippen LogP contribution in [-0.4, -0.2) is 18.0 Å². The second kappa shape index (κ2) is 15.1. The summed E-state index contributed by atoms with van der Waals surface area (Å²) in [7, 11) is 0. The van der Waals surface area contributed by atoms with Gasteiger partial charge in [0, 0.05) is 80.0 Å². The quantitative estimate of drug-likeness (QED) is 0.154. The van der Waals surface area contributed by atoms with Crippen molar-refractivity contribution in [2.24, 2.45) is 0 Å².